The second kappa shape index (κ2) is 18.9. The first kappa shape index (κ1) is 21.9. The Morgan fingerprint density at radius 1 is 0.773 bits per heavy atom. The number of epoxide rings is 2. The summed E-state index contributed by atoms with van der Waals surface area (Å²) in [7, 11) is 0. The van der Waals surface area contributed by atoms with Gasteiger partial charge in [-0.15, -0.1) is 0 Å². The number of nitrogens with two attached hydrogens (primary N) is 1. The fraction of sp³-hybridized carbons (Fsp3) is 1.00. The van der Waals surface area contributed by atoms with Crippen LogP contribution in [0.2, 0.25) is 0 Å². The highest BCUT2D eigenvalue weighted by Crippen LogP contribution is 2.11. The maximum absolute atomic E-state index is 5.45. The summed E-state index contributed by atoms with van der Waals surface area (Å²) >= 11 is 0. The van der Waals surface area contributed by atoms with Crippen LogP contribution in [0.4, 0.5) is 0 Å². The van der Waals surface area contributed by atoms with Crippen LogP contribution in [0.1, 0.15) is 90.9 Å². The van der Waals surface area contributed by atoms with E-state index in [0.29, 0.717) is 6.10 Å². The molecule has 134 valence electrons. The van der Waals surface area contributed by atoms with Crippen molar-refractivity contribution in [3.05, 3.63) is 0 Å². The Balaban J connectivity index is 0.000000500. The molecule has 2 fully saturated rings. The SMILES string of the molecule is C1CO1.CC1CO1.CCCCCCCCCCCCCCN. The Bertz CT molecular complexity index is 179. The smallest absolute Gasteiger partial charge is 0.0781 e. The molecular formula is C19H41NO2. The number of hydrogen-bond donors (Lipinski definition) is 1. The summed E-state index contributed by atoms with van der Waals surface area (Å²) in [5.74, 6) is 0. The quantitative estimate of drug-likeness (QED) is 0.404. The maximum Gasteiger partial charge on any atom is 0.0781 e. The van der Waals surface area contributed by atoms with Gasteiger partial charge in [-0.1, -0.05) is 77.6 Å². The molecule has 1 atom stereocenters. The van der Waals surface area contributed by atoms with Crippen molar-refractivity contribution >= 4 is 0 Å². The Kier molecular flexibility index (Phi) is 18.8. The number of rotatable bonds is 12. The largest absolute Gasteiger partial charge is 0.377 e. The van der Waals surface area contributed by atoms with Crippen molar-refractivity contribution in [2.24, 2.45) is 5.73 Å². The van der Waals surface area contributed by atoms with Crippen molar-refractivity contribution in [2.75, 3.05) is 26.4 Å². The molecule has 2 aliphatic rings. The molecule has 0 amide bonds. The van der Waals surface area contributed by atoms with Crippen molar-refractivity contribution in [3.8, 4) is 0 Å². The molecule has 2 aliphatic heterocycles. The van der Waals surface area contributed by atoms with Gasteiger partial charge in [0.25, 0.3) is 0 Å². The molecule has 0 radical (unpaired) electrons. The minimum Gasteiger partial charge on any atom is -0.377 e. The standard InChI is InChI=1S/C14H31N.C3H6O.C2H4O/c1-2-3-4-5-6-7-8-9-10-11-12-13-14-15;1-3-2-4-3;1-2-3-1/h2-15H2,1H3;3H,2H2,1H3;1-2H2. The summed E-state index contributed by atoms with van der Waals surface area (Å²) in [5, 5.41) is 0. The van der Waals surface area contributed by atoms with Crippen molar-refractivity contribution in [3.63, 3.8) is 0 Å². The second-order valence-electron chi connectivity index (χ2n) is 6.43. The van der Waals surface area contributed by atoms with Crippen LogP contribution in [-0.2, 0) is 9.47 Å². The molecule has 0 bridgehead atoms. The van der Waals surface area contributed by atoms with Crippen molar-refractivity contribution in [1.29, 1.82) is 0 Å². The van der Waals surface area contributed by atoms with Crippen LogP contribution in [0.15, 0.2) is 0 Å². The molecule has 0 spiro atoms. The van der Waals surface area contributed by atoms with E-state index in [-0.39, 0.29) is 0 Å². The Labute approximate surface area is 139 Å². The molecule has 3 nitrogen and oxygen atoms in total. The normalized spacial score (nSPS) is 17.9. The maximum atomic E-state index is 5.45. The number of unbranched alkanes of at least 4 members (excludes halogenated alkanes) is 11. The van der Waals surface area contributed by atoms with E-state index in [1.165, 1.54) is 77.0 Å². The van der Waals surface area contributed by atoms with Gasteiger partial charge in [0.1, 0.15) is 0 Å². The predicted octanol–water partition coefficient (Wildman–Crippen LogP) is 5.07. The fourth-order valence-corrected chi connectivity index (χ4v) is 2.08. The molecule has 2 N–H and O–H groups in total. The molecule has 22 heavy (non-hydrogen) atoms. The lowest BCUT2D eigenvalue weighted by Gasteiger charge is -2.01. The number of hydrogen-bond acceptors (Lipinski definition) is 3. The first-order chi connectivity index (χ1) is 10.8. The monoisotopic (exact) mass is 315 g/mol. The Morgan fingerprint density at radius 3 is 1.32 bits per heavy atom. The van der Waals surface area contributed by atoms with Gasteiger partial charge >= 0.3 is 0 Å². The predicted molar refractivity (Wildman–Crippen MR) is 96.4 cm³/mol. The third-order valence-corrected chi connectivity index (χ3v) is 3.76. The lowest BCUT2D eigenvalue weighted by molar-refractivity contribution is 0.423. The molecule has 0 aliphatic carbocycles. The lowest BCUT2D eigenvalue weighted by Crippen LogP contribution is -1.97. The third kappa shape index (κ3) is 28.1. The highest BCUT2D eigenvalue weighted by molar-refractivity contribution is 4.58. The Morgan fingerprint density at radius 2 is 1.09 bits per heavy atom. The van der Waals surface area contributed by atoms with E-state index in [9.17, 15) is 0 Å². The average Bonchev–Trinajstić information content (AvgIpc) is 3.39. The minimum absolute atomic E-state index is 0.583. The summed E-state index contributed by atoms with van der Waals surface area (Å²) in [4.78, 5) is 0. The van der Waals surface area contributed by atoms with Gasteiger partial charge in [0.15, 0.2) is 0 Å². The van der Waals surface area contributed by atoms with Crippen LogP contribution in [0, 0.1) is 0 Å². The van der Waals surface area contributed by atoms with Gasteiger partial charge in [0, 0.05) is 0 Å². The summed E-state index contributed by atoms with van der Waals surface area (Å²) in [6.45, 7) is 8.19. The van der Waals surface area contributed by atoms with E-state index >= 15 is 0 Å². The van der Waals surface area contributed by atoms with E-state index < -0.39 is 0 Å². The van der Waals surface area contributed by atoms with Gasteiger partial charge in [0.05, 0.1) is 25.9 Å². The van der Waals surface area contributed by atoms with E-state index in [1.807, 2.05) is 0 Å². The average molecular weight is 316 g/mol. The van der Waals surface area contributed by atoms with Crippen LogP contribution in [0.5, 0.6) is 0 Å². The fourth-order valence-electron chi connectivity index (χ4n) is 2.08. The molecule has 0 aromatic heterocycles. The molecular weight excluding hydrogens is 274 g/mol. The second-order valence-corrected chi connectivity index (χ2v) is 6.43. The topological polar surface area (TPSA) is 51.1 Å². The van der Waals surface area contributed by atoms with Gasteiger partial charge in [-0.3, -0.25) is 0 Å². The molecule has 2 rings (SSSR count). The van der Waals surface area contributed by atoms with E-state index in [1.54, 1.807) is 0 Å². The van der Waals surface area contributed by atoms with Gasteiger partial charge < -0.3 is 15.2 Å². The molecule has 0 aromatic rings. The van der Waals surface area contributed by atoms with Crippen LogP contribution in [0.25, 0.3) is 0 Å². The summed E-state index contributed by atoms with van der Waals surface area (Å²) in [6.07, 6.45) is 17.5. The van der Waals surface area contributed by atoms with Crippen molar-refractivity contribution in [2.45, 2.75) is 97.0 Å². The van der Waals surface area contributed by atoms with Crippen LogP contribution >= 0.6 is 0 Å². The minimum atomic E-state index is 0.583. The van der Waals surface area contributed by atoms with E-state index in [4.69, 9.17) is 10.5 Å². The molecule has 2 heterocycles. The molecule has 0 aromatic carbocycles. The highest BCUT2D eigenvalue weighted by atomic mass is 16.6. The summed E-state index contributed by atoms with van der Waals surface area (Å²) in [5.41, 5.74) is 5.45. The van der Waals surface area contributed by atoms with E-state index in [0.717, 1.165) is 26.4 Å². The van der Waals surface area contributed by atoms with Crippen LogP contribution in [0.3, 0.4) is 0 Å². The zero-order valence-corrected chi connectivity index (χ0v) is 15.3. The third-order valence-electron chi connectivity index (χ3n) is 3.76. The number of ether oxygens (including phenoxy) is 2. The zero-order valence-electron chi connectivity index (χ0n) is 15.3. The lowest BCUT2D eigenvalue weighted by atomic mass is 10.1. The first-order valence-corrected chi connectivity index (χ1v) is 9.70. The van der Waals surface area contributed by atoms with Crippen LogP contribution < -0.4 is 5.73 Å². The van der Waals surface area contributed by atoms with Gasteiger partial charge in [-0.25, -0.2) is 0 Å². The molecule has 1 unspecified atom stereocenters. The molecule has 3 heteroatoms. The molecule has 0 saturated carbocycles. The van der Waals surface area contributed by atoms with Gasteiger partial charge in [-0.05, 0) is 19.9 Å². The van der Waals surface area contributed by atoms with E-state index in [2.05, 4.69) is 18.6 Å². The van der Waals surface area contributed by atoms with Crippen molar-refractivity contribution in [1.82, 2.24) is 0 Å². The van der Waals surface area contributed by atoms with Crippen LogP contribution in [-0.4, -0.2) is 32.5 Å². The van der Waals surface area contributed by atoms with Crippen molar-refractivity contribution < 1.29 is 9.47 Å². The van der Waals surface area contributed by atoms with Gasteiger partial charge in [0.2, 0.25) is 0 Å². The molecule has 2 saturated heterocycles. The highest BCUT2D eigenvalue weighted by Gasteiger charge is 2.13. The first-order valence-electron chi connectivity index (χ1n) is 9.70. The van der Waals surface area contributed by atoms with Gasteiger partial charge in [-0.2, -0.15) is 0 Å². The Hall–Kier alpha value is -0.120. The zero-order chi connectivity index (χ0) is 16.3. The summed E-state index contributed by atoms with van der Waals surface area (Å²) < 4.78 is 9.21. The summed E-state index contributed by atoms with van der Waals surface area (Å²) in [6, 6.07) is 0.